The van der Waals surface area contributed by atoms with Crippen molar-refractivity contribution in [1.82, 2.24) is 0 Å². The van der Waals surface area contributed by atoms with Crippen LogP contribution in [0.15, 0.2) is 36.4 Å². The van der Waals surface area contributed by atoms with E-state index in [4.69, 9.17) is 4.74 Å². The predicted octanol–water partition coefficient (Wildman–Crippen LogP) is 5.63. The standard InChI is InChI=1S/C23H27FO4/c1-3-5-6-7-15-8-10-16(11-9-15)22(28-26)19-13-12-17-14-18(4-2)27-23(25)20(17)21(19)24/h8-13,18,22,26H,3-7,14H2,1-2H3. The van der Waals surface area contributed by atoms with Crippen LogP contribution in [0.1, 0.15) is 78.2 Å². The molecule has 0 bridgehead atoms. The topological polar surface area (TPSA) is 55.8 Å². The fourth-order valence-corrected chi connectivity index (χ4v) is 3.69. The number of ether oxygens (including phenoxy) is 1. The molecule has 0 aromatic heterocycles. The monoisotopic (exact) mass is 386 g/mol. The number of hydrogen-bond donors (Lipinski definition) is 1. The minimum atomic E-state index is -1.01. The first-order chi connectivity index (χ1) is 13.6. The molecule has 4 nitrogen and oxygen atoms in total. The molecule has 0 amide bonds. The van der Waals surface area contributed by atoms with Gasteiger partial charge in [-0.15, -0.1) is 0 Å². The number of unbranched alkanes of at least 4 members (excludes halogenated alkanes) is 2. The number of esters is 1. The van der Waals surface area contributed by atoms with E-state index in [2.05, 4.69) is 11.8 Å². The number of carbonyl (C=O) groups excluding carboxylic acids is 1. The van der Waals surface area contributed by atoms with Gasteiger partial charge in [0.25, 0.3) is 0 Å². The third-order valence-corrected chi connectivity index (χ3v) is 5.38. The van der Waals surface area contributed by atoms with Crippen molar-refractivity contribution in [3.05, 3.63) is 70.0 Å². The lowest BCUT2D eigenvalue weighted by molar-refractivity contribution is -0.271. The summed E-state index contributed by atoms with van der Waals surface area (Å²) in [6, 6.07) is 10.9. The molecular formula is C23H27FO4. The van der Waals surface area contributed by atoms with E-state index in [9.17, 15) is 10.1 Å². The lowest BCUT2D eigenvalue weighted by Gasteiger charge is -2.25. The lowest BCUT2D eigenvalue weighted by atomic mass is 9.91. The normalized spacial score (nSPS) is 17.1. The molecule has 28 heavy (non-hydrogen) atoms. The summed E-state index contributed by atoms with van der Waals surface area (Å²) in [7, 11) is 0. The summed E-state index contributed by atoms with van der Waals surface area (Å²) in [4.78, 5) is 16.9. The van der Waals surface area contributed by atoms with E-state index in [0.717, 1.165) is 19.3 Å². The maximum Gasteiger partial charge on any atom is 0.341 e. The highest BCUT2D eigenvalue weighted by Crippen LogP contribution is 2.33. The zero-order chi connectivity index (χ0) is 20.1. The molecule has 0 saturated carbocycles. The first kappa shape index (κ1) is 20.5. The van der Waals surface area contributed by atoms with Crippen LogP contribution in [0, 0.1) is 5.82 Å². The Hall–Kier alpha value is -2.24. The predicted molar refractivity (Wildman–Crippen MR) is 105 cm³/mol. The molecule has 2 unspecified atom stereocenters. The van der Waals surface area contributed by atoms with Crippen LogP contribution in [-0.2, 0) is 22.5 Å². The van der Waals surface area contributed by atoms with Gasteiger partial charge < -0.3 is 4.74 Å². The van der Waals surface area contributed by atoms with Crippen molar-refractivity contribution >= 4 is 5.97 Å². The van der Waals surface area contributed by atoms with E-state index in [0.29, 0.717) is 24.0 Å². The summed E-state index contributed by atoms with van der Waals surface area (Å²) >= 11 is 0. The number of benzene rings is 2. The van der Waals surface area contributed by atoms with Gasteiger partial charge in [0.05, 0.1) is 5.56 Å². The molecule has 3 rings (SSSR count). The van der Waals surface area contributed by atoms with E-state index in [-0.39, 0.29) is 17.2 Å². The second-order valence-corrected chi connectivity index (χ2v) is 7.33. The summed E-state index contributed by atoms with van der Waals surface area (Å²) in [5.41, 5.74) is 2.50. The largest absolute Gasteiger partial charge is 0.458 e. The molecule has 2 aromatic rings. The smallest absolute Gasteiger partial charge is 0.341 e. The molecule has 1 aliphatic heterocycles. The molecule has 1 N–H and O–H groups in total. The molecule has 0 fully saturated rings. The van der Waals surface area contributed by atoms with Crippen molar-refractivity contribution in [2.24, 2.45) is 0 Å². The van der Waals surface area contributed by atoms with Crippen molar-refractivity contribution < 1.29 is 24.1 Å². The van der Waals surface area contributed by atoms with Gasteiger partial charge in [0.15, 0.2) is 0 Å². The van der Waals surface area contributed by atoms with E-state index in [1.807, 2.05) is 31.2 Å². The maximum atomic E-state index is 15.2. The van der Waals surface area contributed by atoms with Gasteiger partial charge >= 0.3 is 5.97 Å². The van der Waals surface area contributed by atoms with E-state index < -0.39 is 17.9 Å². The van der Waals surface area contributed by atoms with E-state index in [1.165, 1.54) is 12.0 Å². The van der Waals surface area contributed by atoms with Gasteiger partial charge in [-0.05, 0) is 36.0 Å². The van der Waals surface area contributed by atoms with Crippen LogP contribution in [0.4, 0.5) is 4.39 Å². The van der Waals surface area contributed by atoms with Crippen LogP contribution < -0.4 is 0 Å². The highest BCUT2D eigenvalue weighted by Gasteiger charge is 2.32. The SMILES string of the molecule is CCCCCc1ccc(C(OO)c2ccc3c(c2F)C(=O)OC(CC)C3)cc1. The summed E-state index contributed by atoms with van der Waals surface area (Å²) in [6.45, 7) is 4.09. The molecule has 0 saturated heterocycles. The molecule has 0 radical (unpaired) electrons. The highest BCUT2D eigenvalue weighted by atomic mass is 19.1. The second kappa shape index (κ2) is 9.30. The third kappa shape index (κ3) is 4.26. The van der Waals surface area contributed by atoms with Crippen molar-refractivity contribution in [2.75, 3.05) is 0 Å². The summed E-state index contributed by atoms with van der Waals surface area (Å²) in [6.07, 6.45) is 4.39. The number of carbonyl (C=O) groups is 1. The van der Waals surface area contributed by atoms with Gasteiger partial charge in [0.2, 0.25) is 0 Å². The van der Waals surface area contributed by atoms with Gasteiger partial charge in [0.1, 0.15) is 18.0 Å². The van der Waals surface area contributed by atoms with Crippen molar-refractivity contribution in [3.63, 3.8) is 0 Å². The number of hydrogen-bond acceptors (Lipinski definition) is 4. The summed E-state index contributed by atoms with van der Waals surface area (Å²) in [5.74, 6) is -1.35. The number of fused-ring (bicyclic) bond motifs is 1. The molecule has 1 heterocycles. The highest BCUT2D eigenvalue weighted by molar-refractivity contribution is 5.93. The minimum absolute atomic E-state index is 0.0552. The number of rotatable bonds is 8. The van der Waals surface area contributed by atoms with Crippen molar-refractivity contribution in [3.8, 4) is 0 Å². The zero-order valence-corrected chi connectivity index (χ0v) is 16.4. The van der Waals surface area contributed by atoms with Crippen LogP contribution in [0.2, 0.25) is 0 Å². The molecule has 0 aliphatic carbocycles. The van der Waals surface area contributed by atoms with Crippen molar-refractivity contribution in [2.45, 2.75) is 64.6 Å². The van der Waals surface area contributed by atoms with Gasteiger partial charge in [0, 0.05) is 12.0 Å². The van der Waals surface area contributed by atoms with Gasteiger partial charge in [-0.2, -0.15) is 0 Å². The molecule has 150 valence electrons. The fourth-order valence-electron chi connectivity index (χ4n) is 3.69. The summed E-state index contributed by atoms with van der Waals surface area (Å²) in [5, 5.41) is 9.47. The van der Waals surface area contributed by atoms with E-state index >= 15 is 4.39 Å². The summed E-state index contributed by atoms with van der Waals surface area (Å²) < 4.78 is 20.4. The Balaban J connectivity index is 1.87. The average Bonchev–Trinajstić information content (AvgIpc) is 2.71. The molecule has 2 atom stereocenters. The van der Waals surface area contributed by atoms with E-state index in [1.54, 1.807) is 12.1 Å². The van der Waals surface area contributed by atoms with Gasteiger partial charge in [-0.1, -0.05) is 63.1 Å². The molecule has 0 spiro atoms. The van der Waals surface area contributed by atoms with Crippen LogP contribution in [0.3, 0.4) is 0 Å². The molecule has 1 aliphatic rings. The Kier molecular flexibility index (Phi) is 6.81. The van der Waals surface area contributed by atoms with Crippen LogP contribution >= 0.6 is 0 Å². The average molecular weight is 386 g/mol. The first-order valence-electron chi connectivity index (χ1n) is 10.00. The Morgan fingerprint density at radius 2 is 1.93 bits per heavy atom. The lowest BCUT2D eigenvalue weighted by Crippen LogP contribution is -2.28. The Bertz CT molecular complexity index is 816. The quantitative estimate of drug-likeness (QED) is 0.276. The second-order valence-electron chi connectivity index (χ2n) is 7.33. The van der Waals surface area contributed by atoms with Gasteiger partial charge in [-0.3, -0.25) is 5.26 Å². The fraction of sp³-hybridized carbons (Fsp3) is 0.435. The minimum Gasteiger partial charge on any atom is -0.458 e. The molecule has 2 aromatic carbocycles. The van der Waals surface area contributed by atoms with Crippen LogP contribution in [0.5, 0.6) is 0 Å². The van der Waals surface area contributed by atoms with Crippen LogP contribution in [-0.4, -0.2) is 17.3 Å². The first-order valence-corrected chi connectivity index (χ1v) is 10.00. The number of cyclic esters (lactones) is 1. The van der Waals surface area contributed by atoms with Gasteiger partial charge in [-0.25, -0.2) is 14.1 Å². The number of halogens is 1. The number of aryl methyl sites for hydroxylation is 1. The third-order valence-electron chi connectivity index (χ3n) is 5.38. The maximum absolute atomic E-state index is 15.2. The Morgan fingerprint density at radius 1 is 1.18 bits per heavy atom. The zero-order valence-electron chi connectivity index (χ0n) is 16.4. The van der Waals surface area contributed by atoms with Crippen molar-refractivity contribution in [1.29, 1.82) is 0 Å². The Labute approximate surface area is 165 Å². The molecule has 5 heteroatoms. The molecular weight excluding hydrogens is 359 g/mol. The van der Waals surface area contributed by atoms with Crippen LogP contribution in [0.25, 0.3) is 0 Å². The Morgan fingerprint density at radius 3 is 2.57 bits per heavy atom.